The Hall–Kier alpha value is -3.75. The van der Waals surface area contributed by atoms with Gasteiger partial charge < -0.3 is 39.2 Å². The van der Waals surface area contributed by atoms with Gasteiger partial charge in [-0.1, -0.05) is 6.92 Å². The first-order valence-corrected chi connectivity index (χ1v) is 17.0. The minimum Gasteiger partial charge on any atom is -0.490 e. The number of urea groups is 1. The number of ether oxygens (including phenoxy) is 4. The van der Waals surface area contributed by atoms with E-state index >= 15 is 0 Å². The third-order valence-electron chi connectivity index (χ3n) is 7.78. The highest BCUT2D eigenvalue weighted by atomic mass is 32.2. The maximum atomic E-state index is 14.1. The van der Waals surface area contributed by atoms with E-state index in [1.165, 1.54) is 15.9 Å². The van der Waals surface area contributed by atoms with Gasteiger partial charge in [0.2, 0.25) is 16.8 Å². The molecule has 0 saturated carbocycles. The van der Waals surface area contributed by atoms with Crippen molar-refractivity contribution in [1.82, 2.24) is 9.80 Å². The average Bonchev–Trinajstić information content (AvgIpc) is 3.45. The van der Waals surface area contributed by atoms with Crippen molar-refractivity contribution < 1.29 is 42.1 Å². The van der Waals surface area contributed by atoms with Crippen LogP contribution in [0.1, 0.15) is 50.4 Å². The second-order valence-corrected chi connectivity index (χ2v) is 13.5. The van der Waals surface area contributed by atoms with Gasteiger partial charge in [0.1, 0.15) is 5.75 Å². The van der Waals surface area contributed by atoms with Gasteiger partial charge in [-0.3, -0.25) is 9.52 Å². The Morgan fingerprint density at radius 1 is 1.09 bits per heavy atom. The highest BCUT2D eigenvalue weighted by Crippen LogP contribution is 2.34. The molecule has 0 fully saturated rings. The first kappa shape index (κ1) is 34.1. The zero-order chi connectivity index (χ0) is 32.7. The number of aliphatic hydroxyl groups excluding tert-OH is 1. The summed E-state index contributed by atoms with van der Waals surface area (Å²) in [5.74, 6) is 0.826. The Bertz CT molecular complexity index is 1450. The second kappa shape index (κ2) is 15.0. The van der Waals surface area contributed by atoms with Gasteiger partial charge in [-0.15, -0.1) is 0 Å². The van der Waals surface area contributed by atoms with E-state index in [9.17, 15) is 23.1 Å². The molecule has 0 aromatic heterocycles. The zero-order valence-corrected chi connectivity index (χ0v) is 27.3. The van der Waals surface area contributed by atoms with Gasteiger partial charge in [0.05, 0.1) is 36.7 Å². The molecular weight excluding hydrogens is 604 g/mol. The number of anilines is 2. The number of benzene rings is 2. The number of carbonyl (C=O) groups excluding carboxylic acids is 2. The number of amides is 3. The minimum atomic E-state index is -3.59. The predicted molar refractivity (Wildman–Crippen MR) is 170 cm³/mol. The molecular formula is C31H44N4O9S. The molecule has 0 aliphatic carbocycles. The van der Waals surface area contributed by atoms with Crippen LogP contribution in [0.3, 0.4) is 0 Å². The van der Waals surface area contributed by atoms with Crippen molar-refractivity contribution in [1.29, 1.82) is 0 Å². The van der Waals surface area contributed by atoms with Gasteiger partial charge in [-0.05, 0) is 63.4 Å². The van der Waals surface area contributed by atoms with Crippen LogP contribution in [0.5, 0.6) is 17.2 Å². The largest absolute Gasteiger partial charge is 0.490 e. The summed E-state index contributed by atoms with van der Waals surface area (Å²) in [6.45, 7) is 6.31. The third kappa shape index (κ3) is 9.38. The van der Waals surface area contributed by atoms with Gasteiger partial charge in [0, 0.05) is 50.1 Å². The minimum absolute atomic E-state index is 0.133. The number of sulfonamides is 1. The number of rotatable bonds is 7. The van der Waals surface area contributed by atoms with E-state index in [0.29, 0.717) is 36.0 Å². The summed E-state index contributed by atoms with van der Waals surface area (Å²) >= 11 is 0. The monoisotopic (exact) mass is 648 g/mol. The molecule has 13 nitrogen and oxygen atoms in total. The lowest BCUT2D eigenvalue weighted by Gasteiger charge is -2.35. The zero-order valence-electron chi connectivity index (χ0n) is 26.4. The molecule has 45 heavy (non-hydrogen) atoms. The average molecular weight is 649 g/mol. The number of fused-ring (bicyclic) bond motifs is 2. The second-order valence-electron chi connectivity index (χ2n) is 11.8. The lowest BCUT2D eigenvalue weighted by atomic mass is 10.0. The fourth-order valence-electron chi connectivity index (χ4n) is 5.21. The van der Waals surface area contributed by atoms with Crippen molar-refractivity contribution >= 4 is 33.3 Å². The van der Waals surface area contributed by atoms with Gasteiger partial charge in [0.25, 0.3) is 5.91 Å². The maximum absolute atomic E-state index is 14.1. The molecule has 0 saturated heterocycles. The summed E-state index contributed by atoms with van der Waals surface area (Å²) < 4.78 is 49.5. The molecule has 2 aromatic carbocycles. The van der Waals surface area contributed by atoms with Crippen molar-refractivity contribution in [3.8, 4) is 17.2 Å². The molecule has 248 valence electrons. The van der Waals surface area contributed by atoms with E-state index in [2.05, 4.69) is 10.0 Å². The van der Waals surface area contributed by atoms with Crippen molar-refractivity contribution in [2.45, 2.75) is 58.3 Å². The summed E-state index contributed by atoms with van der Waals surface area (Å²) in [6, 6.07) is 8.87. The number of likely N-dealkylation sites (N-methyl/N-ethyl adjacent to an activating group) is 1. The van der Waals surface area contributed by atoms with Crippen LogP contribution in [0.2, 0.25) is 0 Å². The molecule has 2 aliphatic rings. The molecule has 4 atom stereocenters. The van der Waals surface area contributed by atoms with Crippen LogP contribution >= 0.6 is 0 Å². The highest BCUT2D eigenvalue weighted by Gasteiger charge is 2.31. The maximum Gasteiger partial charge on any atom is 0.321 e. The lowest BCUT2D eigenvalue weighted by molar-refractivity contribution is -0.0115. The molecule has 0 unspecified atom stereocenters. The smallest absolute Gasteiger partial charge is 0.321 e. The number of hydrogen-bond donors (Lipinski definition) is 3. The lowest BCUT2D eigenvalue weighted by Crippen LogP contribution is -2.48. The Morgan fingerprint density at radius 3 is 2.53 bits per heavy atom. The topological polar surface area (TPSA) is 156 Å². The van der Waals surface area contributed by atoms with E-state index in [1.54, 1.807) is 44.3 Å². The Labute approximate surface area is 264 Å². The van der Waals surface area contributed by atoms with Crippen LogP contribution in [-0.2, 0) is 14.8 Å². The molecule has 2 heterocycles. The van der Waals surface area contributed by atoms with Gasteiger partial charge >= 0.3 is 6.03 Å². The molecule has 0 bridgehead atoms. The van der Waals surface area contributed by atoms with E-state index in [-0.39, 0.29) is 55.8 Å². The summed E-state index contributed by atoms with van der Waals surface area (Å²) in [6.07, 6.45) is 2.66. The third-order valence-corrected chi connectivity index (χ3v) is 8.39. The Morgan fingerprint density at radius 2 is 1.80 bits per heavy atom. The summed E-state index contributed by atoms with van der Waals surface area (Å²) in [4.78, 5) is 30.3. The van der Waals surface area contributed by atoms with Crippen molar-refractivity contribution in [3.05, 3.63) is 42.0 Å². The standard InChI is InChI=1S/C31H44N4O9S/c1-20-16-35(21(2)18-36)30(37)25-14-24(33-45(5,39)40)10-11-26(25)44-22(3)8-6-7-13-41-29(20)17-34(4)31(38)32-23-9-12-27-28(15-23)43-19-42-27/h9-12,14-15,20-22,29,33,36H,6-8,13,16-19H2,1-5H3,(H,32,38)/t20-,21-,22-,29+/m1/s1. The van der Waals surface area contributed by atoms with Crippen LogP contribution in [0.4, 0.5) is 16.2 Å². The molecule has 3 N–H and O–H groups in total. The number of carbonyl (C=O) groups is 2. The van der Waals surface area contributed by atoms with Crippen LogP contribution < -0.4 is 24.2 Å². The molecule has 4 rings (SSSR count). The Balaban J connectivity index is 1.57. The normalized spacial score (nSPS) is 21.6. The van der Waals surface area contributed by atoms with Crippen LogP contribution in [0.25, 0.3) is 0 Å². The van der Waals surface area contributed by atoms with Crippen molar-refractivity contribution in [3.63, 3.8) is 0 Å². The fraction of sp³-hybridized carbons (Fsp3) is 0.548. The van der Waals surface area contributed by atoms with E-state index < -0.39 is 28.1 Å². The van der Waals surface area contributed by atoms with E-state index in [1.807, 2.05) is 13.8 Å². The predicted octanol–water partition coefficient (Wildman–Crippen LogP) is 3.75. The molecule has 0 spiro atoms. The van der Waals surface area contributed by atoms with Gasteiger partial charge in [-0.25, -0.2) is 13.2 Å². The number of nitrogens with zero attached hydrogens (tertiary/aromatic N) is 2. The van der Waals surface area contributed by atoms with Crippen LogP contribution in [-0.4, -0.2) is 99.9 Å². The van der Waals surface area contributed by atoms with E-state index in [0.717, 1.165) is 19.1 Å². The number of hydrogen-bond acceptors (Lipinski definition) is 9. The van der Waals surface area contributed by atoms with E-state index in [4.69, 9.17) is 18.9 Å². The van der Waals surface area contributed by atoms with Crippen LogP contribution in [0.15, 0.2) is 36.4 Å². The first-order valence-electron chi connectivity index (χ1n) is 15.1. The Kier molecular flexibility index (Phi) is 11.4. The number of aliphatic hydroxyl groups is 1. The van der Waals surface area contributed by atoms with Crippen molar-refractivity contribution in [2.24, 2.45) is 5.92 Å². The summed E-state index contributed by atoms with van der Waals surface area (Å²) in [7, 11) is -1.92. The van der Waals surface area contributed by atoms with Crippen LogP contribution in [0, 0.1) is 5.92 Å². The quantitative estimate of drug-likeness (QED) is 0.407. The highest BCUT2D eigenvalue weighted by molar-refractivity contribution is 7.92. The summed E-state index contributed by atoms with van der Waals surface area (Å²) in [5.41, 5.74) is 0.963. The van der Waals surface area contributed by atoms with Crippen molar-refractivity contribution in [2.75, 3.05) is 56.4 Å². The molecule has 0 radical (unpaired) electrons. The summed E-state index contributed by atoms with van der Waals surface area (Å²) in [5, 5.41) is 13.0. The molecule has 2 aromatic rings. The van der Waals surface area contributed by atoms with Gasteiger partial charge in [0.15, 0.2) is 11.5 Å². The molecule has 14 heteroatoms. The fourth-order valence-corrected chi connectivity index (χ4v) is 5.76. The number of nitrogens with one attached hydrogen (secondary N) is 2. The molecule has 2 aliphatic heterocycles. The molecule has 3 amide bonds. The first-order chi connectivity index (χ1) is 21.3. The van der Waals surface area contributed by atoms with Gasteiger partial charge in [-0.2, -0.15) is 0 Å². The SMILES string of the molecule is C[C@@H]1CCCCO[C@@H](CN(C)C(=O)Nc2ccc3c(c2)OCO3)[C@H](C)CN([C@H](C)CO)C(=O)c2cc(NS(C)(=O)=O)ccc2O1.